The lowest BCUT2D eigenvalue weighted by Gasteiger charge is -2.03. The van der Waals surface area contributed by atoms with Crippen molar-refractivity contribution in [1.29, 1.82) is 0 Å². The molecule has 0 saturated carbocycles. The largest absolute Gasteiger partial charge is 0.497 e. The summed E-state index contributed by atoms with van der Waals surface area (Å²) in [5.74, 6) is 0.605. The number of fused-ring (bicyclic) bond motifs is 1. The molecule has 2 aromatic rings. The quantitative estimate of drug-likeness (QED) is 0.832. The molecule has 0 aliphatic carbocycles. The zero-order chi connectivity index (χ0) is 14.5. The standard InChI is InChI=1S/C14H16ClNO3S/c1-18-7-3-6-16-14(17)13-12(15)10-5-4-9(19-2)8-11(10)20-13/h4-5,8H,3,6-7H2,1-2H3,(H,16,17). The number of halogens is 1. The average molecular weight is 314 g/mol. The van der Waals surface area contributed by atoms with E-state index >= 15 is 0 Å². The molecule has 0 unspecified atom stereocenters. The second-order valence-corrected chi connectivity index (χ2v) is 5.64. The fourth-order valence-electron chi connectivity index (χ4n) is 1.82. The Kier molecular flexibility index (Phi) is 5.23. The third-order valence-electron chi connectivity index (χ3n) is 2.85. The highest BCUT2D eigenvalue weighted by Gasteiger charge is 2.17. The van der Waals surface area contributed by atoms with Crippen LogP contribution in [-0.2, 0) is 4.74 Å². The highest BCUT2D eigenvalue weighted by molar-refractivity contribution is 7.21. The first-order chi connectivity index (χ1) is 9.67. The van der Waals surface area contributed by atoms with E-state index in [1.54, 1.807) is 14.2 Å². The Morgan fingerprint density at radius 2 is 2.20 bits per heavy atom. The lowest BCUT2D eigenvalue weighted by molar-refractivity contribution is 0.0953. The number of ether oxygens (including phenoxy) is 2. The molecule has 1 N–H and O–H groups in total. The van der Waals surface area contributed by atoms with E-state index in [1.807, 2.05) is 18.2 Å². The van der Waals surface area contributed by atoms with Gasteiger partial charge in [-0.05, 0) is 24.6 Å². The van der Waals surface area contributed by atoms with Crippen molar-refractivity contribution >= 4 is 38.9 Å². The van der Waals surface area contributed by atoms with E-state index in [9.17, 15) is 4.79 Å². The van der Waals surface area contributed by atoms with Crippen LogP contribution >= 0.6 is 22.9 Å². The number of nitrogens with one attached hydrogen (secondary N) is 1. The molecule has 2 rings (SSSR count). The number of carbonyl (C=O) groups excluding carboxylic acids is 1. The van der Waals surface area contributed by atoms with Gasteiger partial charge in [0.15, 0.2) is 0 Å². The van der Waals surface area contributed by atoms with Crippen LogP contribution in [0.1, 0.15) is 16.1 Å². The Balaban J connectivity index is 2.17. The molecule has 1 aromatic carbocycles. The summed E-state index contributed by atoms with van der Waals surface area (Å²) >= 11 is 7.64. The lowest BCUT2D eigenvalue weighted by Crippen LogP contribution is -2.24. The maximum Gasteiger partial charge on any atom is 0.262 e. The number of methoxy groups -OCH3 is 2. The smallest absolute Gasteiger partial charge is 0.262 e. The van der Waals surface area contributed by atoms with Crippen molar-refractivity contribution in [2.45, 2.75) is 6.42 Å². The maximum atomic E-state index is 12.1. The molecule has 1 aromatic heterocycles. The Morgan fingerprint density at radius 3 is 2.90 bits per heavy atom. The fraction of sp³-hybridized carbons (Fsp3) is 0.357. The van der Waals surface area contributed by atoms with E-state index in [2.05, 4.69) is 5.32 Å². The predicted octanol–water partition coefficient (Wildman–Crippen LogP) is 3.33. The summed E-state index contributed by atoms with van der Waals surface area (Å²) in [7, 11) is 3.25. The van der Waals surface area contributed by atoms with Gasteiger partial charge in [0, 0.05) is 30.3 Å². The van der Waals surface area contributed by atoms with Crippen LogP contribution in [0, 0.1) is 0 Å². The highest BCUT2D eigenvalue weighted by Crippen LogP contribution is 2.37. The summed E-state index contributed by atoms with van der Waals surface area (Å²) in [6, 6.07) is 5.59. The highest BCUT2D eigenvalue weighted by atomic mass is 35.5. The minimum absolute atomic E-state index is 0.147. The molecule has 4 nitrogen and oxygen atoms in total. The minimum Gasteiger partial charge on any atom is -0.497 e. The van der Waals surface area contributed by atoms with Crippen LogP contribution in [0.5, 0.6) is 5.75 Å². The van der Waals surface area contributed by atoms with E-state index < -0.39 is 0 Å². The molecule has 0 aliphatic heterocycles. The Morgan fingerprint density at radius 1 is 1.40 bits per heavy atom. The van der Waals surface area contributed by atoms with E-state index in [0.29, 0.717) is 23.1 Å². The molecule has 0 bridgehead atoms. The Hall–Kier alpha value is -1.30. The average Bonchev–Trinajstić information content (AvgIpc) is 2.80. The number of carbonyl (C=O) groups is 1. The molecule has 0 spiro atoms. The zero-order valence-electron chi connectivity index (χ0n) is 11.4. The van der Waals surface area contributed by atoms with Crippen molar-refractivity contribution in [3.63, 3.8) is 0 Å². The zero-order valence-corrected chi connectivity index (χ0v) is 12.9. The lowest BCUT2D eigenvalue weighted by atomic mass is 10.2. The maximum absolute atomic E-state index is 12.1. The summed E-state index contributed by atoms with van der Waals surface area (Å²) < 4.78 is 11.1. The molecule has 0 radical (unpaired) electrons. The number of hydrogen-bond donors (Lipinski definition) is 1. The molecule has 1 amide bonds. The van der Waals surface area contributed by atoms with Crippen LogP contribution in [0.3, 0.4) is 0 Å². The molecule has 20 heavy (non-hydrogen) atoms. The second-order valence-electron chi connectivity index (χ2n) is 4.21. The summed E-state index contributed by atoms with van der Waals surface area (Å²) in [5.41, 5.74) is 0. The number of benzene rings is 1. The van der Waals surface area contributed by atoms with Crippen LogP contribution in [-0.4, -0.2) is 33.3 Å². The van der Waals surface area contributed by atoms with Crippen molar-refractivity contribution < 1.29 is 14.3 Å². The normalized spacial score (nSPS) is 10.8. The van der Waals surface area contributed by atoms with Gasteiger partial charge >= 0.3 is 0 Å². The summed E-state index contributed by atoms with van der Waals surface area (Å²) in [5, 5.41) is 4.21. The summed E-state index contributed by atoms with van der Waals surface area (Å²) in [6.45, 7) is 1.19. The van der Waals surface area contributed by atoms with Gasteiger partial charge in [-0.15, -0.1) is 11.3 Å². The fourth-order valence-corrected chi connectivity index (χ4v) is 3.28. The first-order valence-electron chi connectivity index (χ1n) is 6.20. The number of hydrogen-bond acceptors (Lipinski definition) is 4. The van der Waals surface area contributed by atoms with Gasteiger partial charge in [0.1, 0.15) is 10.6 Å². The van der Waals surface area contributed by atoms with Gasteiger partial charge in [-0.3, -0.25) is 4.79 Å². The van der Waals surface area contributed by atoms with E-state index in [4.69, 9.17) is 21.1 Å². The molecule has 0 atom stereocenters. The van der Waals surface area contributed by atoms with Gasteiger partial charge in [-0.25, -0.2) is 0 Å². The molecule has 0 aliphatic rings. The molecule has 0 fully saturated rings. The van der Waals surface area contributed by atoms with Crippen LogP contribution in [0.25, 0.3) is 10.1 Å². The van der Waals surface area contributed by atoms with Crippen molar-refractivity contribution in [3.05, 3.63) is 28.1 Å². The monoisotopic (exact) mass is 313 g/mol. The third kappa shape index (κ3) is 3.23. The van der Waals surface area contributed by atoms with Gasteiger partial charge in [-0.2, -0.15) is 0 Å². The second kappa shape index (κ2) is 6.92. The molecular formula is C14H16ClNO3S. The SMILES string of the molecule is COCCCNC(=O)c1sc2cc(OC)ccc2c1Cl. The molecule has 0 saturated heterocycles. The van der Waals surface area contributed by atoms with E-state index in [-0.39, 0.29) is 5.91 Å². The van der Waals surface area contributed by atoms with Gasteiger partial charge in [0.2, 0.25) is 0 Å². The van der Waals surface area contributed by atoms with Gasteiger partial charge in [-0.1, -0.05) is 11.6 Å². The number of rotatable bonds is 6. The Bertz CT molecular complexity index is 612. The van der Waals surface area contributed by atoms with Crippen molar-refractivity contribution in [3.8, 4) is 5.75 Å². The predicted molar refractivity (Wildman–Crippen MR) is 82.2 cm³/mol. The van der Waals surface area contributed by atoms with Gasteiger partial charge < -0.3 is 14.8 Å². The van der Waals surface area contributed by atoms with Crippen LogP contribution in [0.2, 0.25) is 5.02 Å². The van der Waals surface area contributed by atoms with Crippen molar-refractivity contribution in [1.82, 2.24) is 5.32 Å². The van der Waals surface area contributed by atoms with E-state index in [0.717, 1.165) is 22.3 Å². The third-order valence-corrected chi connectivity index (χ3v) is 4.51. The van der Waals surface area contributed by atoms with Crippen LogP contribution < -0.4 is 10.1 Å². The van der Waals surface area contributed by atoms with E-state index in [1.165, 1.54) is 11.3 Å². The van der Waals surface area contributed by atoms with Crippen LogP contribution in [0.4, 0.5) is 0 Å². The van der Waals surface area contributed by atoms with Gasteiger partial charge in [0.05, 0.1) is 12.1 Å². The topological polar surface area (TPSA) is 47.6 Å². The van der Waals surface area contributed by atoms with Crippen molar-refractivity contribution in [2.24, 2.45) is 0 Å². The van der Waals surface area contributed by atoms with Gasteiger partial charge in [0.25, 0.3) is 5.91 Å². The number of thiophene rings is 1. The first-order valence-corrected chi connectivity index (χ1v) is 7.40. The minimum atomic E-state index is -0.147. The van der Waals surface area contributed by atoms with Crippen LogP contribution in [0.15, 0.2) is 18.2 Å². The summed E-state index contributed by atoms with van der Waals surface area (Å²) in [6.07, 6.45) is 0.776. The van der Waals surface area contributed by atoms with Crippen molar-refractivity contribution in [2.75, 3.05) is 27.4 Å². The molecule has 6 heteroatoms. The number of amides is 1. The first kappa shape index (κ1) is 15.1. The molecular weight excluding hydrogens is 298 g/mol. The Labute approximate surface area is 126 Å². The molecule has 108 valence electrons. The molecule has 1 heterocycles. The summed E-state index contributed by atoms with van der Waals surface area (Å²) in [4.78, 5) is 12.6.